The molecule has 4 rings (SSSR count). The Morgan fingerprint density at radius 3 is 2.34 bits per heavy atom. The van der Waals surface area contributed by atoms with Gasteiger partial charge in [0.25, 0.3) is 0 Å². The van der Waals surface area contributed by atoms with E-state index in [1.807, 2.05) is 18.7 Å². The van der Waals surface area contributed by atoms with Gasteiger partial charge in [0.15, 0.2) is 0 Å². The molecule has 3 heterocycles. The molecule has 4 fully saturated rings. The molecule has 4 aliphatic rings. The first-order valence-corrected chi connectivity index (χ1v) is 12.0. The van der Waals surface area contributed by atoms with Crippen LogP contribution in [0.5, 0.6) is 0 Å². The summed E-state index contributed by atoms with van der Waals surface area (Å²) >= 11 is 0. The first kappa shape index (κ1) is 21.1. The van der Waals surface area contributed by atoms with Gasteiger partial charge in [-0.05, 0) is 45.4 Å². The molecule has 4 atom stereocenters. The van der Waals surface area contributed by atoms with Crippen molar-refractivity contribution in [3.63, 3.8) is 0 Å². The van der Waals surface area contributed by atoms with Crippen molar-refractivity contribution < 1.29 is 14.3 Å². The number of carbonyl (C=O) groups is 2. The maximum atomic E-state index is 12.9. The molecular weight excluding hydrogens is 366 g/mol. The van der Waals surface area contributed by atoms with Crippen LogP contribution >= 0.6 is 0 Å². The molecule has 0 aromatic heterocycles. The average molecular weight is 406 g/mol. The van der Waals surface area contributed by atoms with Crippen LogP contribution in [0.4, 0.5) is 0 Å². The first-order valence-electron chi connectivity index (χ1n) is 12.0. The number of fused-ring (bicyclic) bond motifs is 1. The van der Waals surface area contributed by atoms with Gasteiger partial charge in [0, 0.05) is 57.1 Å². The molecule has 0 bridgehead atoms. The van der Waals surface area contributed by atoms with Crippen LogP contribution in [0, 0.1) is 11.8 Å². The van der Waals surface area contributed by atoms with Crippen LogP contribution in [-0.2, 0) is 14.3 Å². The Morgan fingerprint density at radius 2 is 1.69 bits per heavy atom. The second kappa shape index (κ2) is 9.34. The highest BCUT2D eigenvalue weighted by Crippen LogP contribution is 2.44. The van der Waals surface area contributed by atoms with Crippen molar-refractivity contribution in [2.75, 3.05) is 39.3 Å². The lowest BCUT2D eigenvalue weighted by Crippen LogP contribution is -2.40. The third-order valence-corrected chi connectivity index (χ3v) is 7.95. The topological polar surface area (TPSA) is 53.1 Å². The molecule has 0 aromatic carbocycles. The largest absolute Gasteiger partial charge is 0.376 e. The summed E-state index contributed by atoms with van der Waals surface area (Å²) in [4.78, 5) is 32.4. The van der Waals surface area contributed by atoms with Crippen molar-refractivity contribution in [1.29, 1.82) is 0 Å². The second-order valence-corrected chi connectivity index (χ2v) is 9.47. The smallest absolute Gasteiger partial charge is 0.225 e. The summed E-state index contributed by atoms with van der Waals surface area (Å²) < 4.78 is 6.24. The van der Waals surface area contributed by atoms with Crippen LogP contribution in [0.3, 0.4) is 0 Å². The van der Waals surface area contributed by atoms with Gasteiger partial charge < -0.3 is 14.5 Å². The zero-order valence-electron chi connectivity index (χ0n) is 18.4. The fourth-order valence-corrected chi connectivity index (χ4v) is 6.40. The Bertz CT molecular complexity index is 582. The molecule has 6 nitrogen and oxygen atoms in total. The molecule has 0 radical (unpaired) electrons. The van der Waals surface area contributed by atoms with Gasteiger partial charge in [-0.3, -0.25) is 14.5 Å². The number of carbonyl (C=O) groups excluding carboxylic acids is 2. The Labute approximate surface area is 175 Å². The van der Waals surface area contributed by atoms with Crippen molar-refractivity contribution in [2.24, 2.45) is 11.8 Å². The molecule has 0 spiro atoms. The zero-order chi connectivity index (χ0) is 20.4. The maximum absolute atomic E-state index is 12.9. The molecule has 29 heavy (non-hydrogen) atoms. The first-order chi connectivity index (χ1) is 14.1. The van der Waals surface area contributed by atoms with Gasteiger partial charge in [0.2, 0.25) is 11.8 Å². The van der Waals surface area contributed by atoms with Gasteiger partial charge in [0.05, 0.1) is 19.1 Å². The Morgan fingerprint density at radius 1 is 1.00 bits per heavy atom. The van der Waals surface area contributed by atoms with E-state index in [4.69, 9.17) is 4.74 Å². The lowest BCUT2D eigenvalue weighted by Gasteiger charge is -2.29. The van der Waals surface area contributed by atoms with E-state index < -0.39 is 0 Å². The van der Waals surface area contributed by atoms with Crippen molar-refractivity contribution in [2.45, 2.75) is 83.4 Å². The summed E-state index contributed by atoms with van der Waals surface area (Å²) in [7, 11) is 0. The Kier molecular flexibility index (Phi) is 6.80. The van der Waals surface area contributed by atoms with Crippen LogP contribution in [0.2, 0.25) is 0 Å². The third kappa shape index (κ3) is 4.34. The molecule has 2 amide bonds. The fraction of sp³-hybridized carbons (Fsp3) is 0.913. The molecule has 3 aliphatic heterocycles. The van der Waals surface area contributed by atoms with E-state index in [9.17, 15) is 9.59 Å². The fourth-order valence-electron chi connectivity index (χ4n) is 6.40. The minimum absolute atomic E-state index is 0.0316. The Hall–Kier alpha value is -1.14. The Balaban J connectivity index is 1.47. The van der Waals surface area contributed by atoms with Gasteiger partial charge in [-0.15, -0.1) is 0 Å². The van der Waals surface area contributed by atoms with E-state index in [1.54, 1.807) is 0 Å². The molecule has 3 saturated heterocycles. The molecule has 6 heteroatoms. The monoisotopic (exact) mass is 405 g/mol. The van der Waals surface area contributed by atoms with Crippen LogP contribution in [0.25, 0.3) is 0 Å². The SMILES string of the molecule is CCN(CC)C(=O)C[C@@H]1OC[C@@H]2[C@H]1[C@H](CC(=O)N1CCCC1)CN2C1CCCC1. The van der Waals surface area contributed by atoms with E-state index in [0.29, 0.717) is 42.7 Å². The molecule has 0 aromatic rings. The molecular formula is C23H39N3O3. The summed E-state index contributed by atoms with van der Waals surface area (Å²) in [5, 5.41) is 0. The van der Waals surface area contributed by atoms with E-state index in [2.05, 4.69) is 9.80 Å². The van der Waals surface area contributed by atoms with E-state index in [-0.39, 0.29) is 12.0 Å². The summed E-state index contributed by atoms with van der Waals surface area (Å²) in [6.45, 7) is 9.16. The van der Waals surface area contributed by atoms with Gasteiger partial charge in [-0.2, -0.15) is 0 Å². The zero-order valence-corrected chi connectivity index (χ0v) is 18.4. The number of amides is 2. The normalized spacial score (nSPS) is 32.8. The lowest BCUT2D eigenvalue weighted by atomic mass is 9.84. The molecule has 1 saturated carbocycles. The lowest BCUT2D eigenvalue weighted by molar-refractivity contribution is -0.134. The number of hydrogen-bond donors (Lipinski definition) is 0. The minimum atomic E-state index is -0.0316. The summed E-state index contributed by atoms with van der Waals surface area (Å²) in [6, 6.07) is 1.04. The van der Waals surface area contributed by atoms with E-state index >= 15 is 0 Å². The van der Waals surface area contributed by atoms with Crippen molar-refractivity contribution in [3.8, 4) is 0 Å². The summed E-state index contributed by atoms with van der Waals surface area (Å²) in [5.41, 5.74) is 0. The quantitative estimate of drug-likeness (QED) is 0.653. The van der Waals surface area contributed by atoms with Crippen LogP contribution in [0.15, 0.2) is 0 Å². The van der Waals surface area contributed by atoms with Gasteiger partial charge in [-0.1, -0.05) is 12.8 Å². The predicted molar refractivity (Wildman–Crippen MR) is 112 cm³/mol. The minimum Gasteiger partial charge on any atom is -0.376 e. The standard InChI is InChI=1S/C23H39N3O3/c1-3-24(4-2)22(28)14-20-23-17(13-21(27)25-11-7-8-12-25)15-26(19(23)16-29-20)18-9-5-6-10-18/h17-20,23H,3-16H2,1-2H3/t17-,19-,20+,23-/m1/s1. The highest BCUT2D eigenvalue weighted by atomic mass is 16.5. The highest BCUT2D eigenvalue weighted by Gasteiger charge is 2.53. The van der Waals surface area contributed by atoms with Crippen molar-refractivity contribution in [3.05, 3.63) is 0 Å². The van der Waals surface area contributed by atoms with E-state index in [1.165, 1.54) is 25.7 Å². The molecule has 1 aliphatic carbocycles. The molecule has 164 valence electrons. The van der Waals surface area contributed by atoms with E-state index in [0.717, 1.165) is 52.2 Å². The molecule has 0 N–H and O–H groups in total. The van der Waals surface area contributed by atoms with Crippen LogP contribution in [0.1, 0.15) is 65.2 Å². The van der Waals surface area contributed by atoms with Gasteiger partial charge in [-0.25, -0.2) is 0 Å². The van der Waals surface area contributed by atoms with Crippen molar-refractivity contribution in [1.82, 2.24) is 14.7 Å². The summed E-state index contributed by atoms with van der Waals surface area (Å²) in [6.07, 6.45) is 8.54. The second-order valence-electron chi connectivity index (χ2n) is 9.47. The number of rotatable bonds is 7. The maximum Gasteiger partial charge on any atom is 0.225 e. The third-order valence-electron chi connectivity index (χ3n) is 7.95. The van der Waals surface area contributed by atoms with Crippen LogP contribution in [-0.4, -0.2) is 84.0 Å². The predicted octanol–water partition coefficient (Wildman–Crippen LogP) is 2.52. The molecule has 0 unspecified atom stereocenters. The number of hydrogen-bond acceptors (Lipinski definition) is 4. The van der Waals surface area contributed by atoms with Crippen molar-refractivity contribution >= 4 is 11.8 Å². The number of likely N-dealkylation sites (tertiary alicyclic amines) is 2. The number of nitrogens with zero attached hydrogens (tertiary/aromatic N) is 3. The summed E-state index contributed by atoms with van der Waals surface area (Å²) in [5.74, 6) is 1.16. The van der Waals surface area contributed by atoms with Gasteiger partial charge >= 0.3 is 0 Å². The average Bonchev–Trinajstić information content (AvgIpc) is 3.50. The van der Waals surface area contributed by atoms with Gasteiger partial charge in [0.1, 0.15) is 0 Å². The number of ether oxygens (including phenoxy) is 1. The van der Waals surface area contributed by atoms with Crippen LogP contribution < -0.4 is 0 Å². The highest BCUT2D eigenvalue weighted by molar-refractivity contribution is 5.77.